The summed E-state index contributed by atoms with van der Waals surface area (Å²) in [5, 5.41) is 13.1. The van der Waals surface area contributed by atoms with Crippen LogP contribution in [-0.4, -0.2) is 36.2 Å². The van der Waals surface area contributed by atoms with Gasteiger partial charge in [0.2, 0.25) is 0 Å². The van der Waals surface area contributed by atoms with E-state index in [1.54, 1.807) is 6.92 Å². The first kappa shape index (κ1) is 15.9. The topological polar surface area (TPSA) is 35.5 Å². The van der Waals surface area contributed by atoms with Crippen LogP contribution in [0.25, 0.3) is 0 Å². The fraction of sp³-hybridized carbons (Fsp3) is 0.467. The standard InChI is InChI=1S/C15H19F3N2O/c1-9(2)7-11(20-5-3-19-4-6-20)13-12(21)8-10(16)14(17)15(13)18/h8,11,19,21H,1,3-7H2,2H3/t11-/m1/s1. The van der Waals surface area contributed by atoms with Gasteiger partial charge in [-0.1, -0.05) is 5.57 Å². The van der Waals surface area contributed by atoms with Gasteiger partial charge in [-0.15, -0.1) is 6.58 Å². The maximum atomic E-state index is 14.1. The second kappa shape index (κ2) is 6.49. The fourth-order valence-electron chi connectivity index (χ4n) is 2.65. The van der Waals surface area contributed by atoms with E-state index in [1.165, 1.54) is 0 Å². The lowest BCUT2D eigenvalue weighted by molar-refractivity contribution is 0.165. The number of nitrogens with zero attached hydrogens (tertiary/aromatic N) is 1. The summed E-state index contributed by atoms with van der Waals surface area (Å²) in [5.41, 5.74) is 0.584. The summed E-state index contributed by atoms with van der Waals surface area (Å²) < 4.78 is 40.8. The number of hydrogen-bond donors (Lipinski definition) is 2. The summed E-state index contributed by atoms with van der Waals surface area (Å²) in [6.45, 7) is 8.29. The molecule has 1 heterocycles. The highest BCUT2D eigenvalue weighted by atomic mass is 19.2. The van der Waals surface area contributed by atoms with E-state index in [2.05, 4.69) is 11.9 Å². The van der Waals surface area contributed by atoms with Crippen molar-refractivity contribution in [3.63, 3.8) is 0 Å². The highest BCUT2D eigenvalue weighted by molar-refractivity contribution is 5.38. The molecule has 0 radical (unpaired) electrons. The summed E-state index contributed by atoms with van der Waals surface area (Å²) >= 11 is 0. The molecule has 1 aromatic rings. The Hall–Kier alpha value is -1.53. The third kappa shape index (κ3) is 3.39. The van der Waals surface area contributed by atoms with E-state index in [-0.39, 0.29) is 5.56 Å². The molecule has 1 atom stereocenters. The third-order valence-corrected chi connectivity index (χ3v) is 3.65. The van der Waals surface area contributed by atoms with Crippen molar-refractivity contribution in [2.75, 3.05) is 26.2 Å². The Morgan fingerprint density at radius 3 is 2.52 bits per heavy atom. The molecular weight excluding hydrogens is 281 g/mol. The van der Waals surface area contributed by atoms with Gasteiger partial charge in [-0.05, 0) is 13.3 Å². The molecule has 3 nitrogen and oxygen atoms in total. The van der Waals surface area contributed by atoms with Gasteiger partial charge in [-0.3, -0.25) is 4.90 Å². The van der Waals surface area contributed by atoms with Gasteiger partial charge in [0, 0.05) is 38.3 Å². The summed E-state index contributed by atoms with van der Waals surface area (Å²) in [5.74, 6) is -4.82. The van der Waals surface area contributed by atoms with Crippen LogP contribution in [0.3, 0.4) is 0 Å². The first-order valence-electron chi connectivity index (χ1n) is 6.87. The largest absolute Gasteiger partial charge is 0.507 e. The van der Waals surface area contributed by atoms with Gasteiger partial charge in [0.1, 0.15) is 5.75 Å². The van der Waals surface area contributed by atoms with Gasteiger partial charge in [-0.2, -0.15) is 0 Å². The van der Waals surface area contributed by atoms with E-state index in [0.717, 1.165) is 18.7 Å². The SMILES string of the molecule is C=C(C)C[C@H](c1c(O)cc(F)c(F)c1F)N1CCNCC1. The normalized spacial score (nSPS) is 17.7. The van der Waals surface area contributed by atoms with Crippen molar-refractivity contribution in [2.45, 2.75) is 19.4 Å². The molecule has 2 N–H and O–H groups in total. The van der Waals surface area contributed by atoms with Crippen LogP contribution in [0.15, 0.2) is 18.2 Å². The zero-order chi connectivity index (χ0) is 15.6. The predicted molar refractivity (Wildman–Crippen MR) is 74.6 cm³/mol. The van der Waals surface area contributed by atoms with Crippen molar-refractivity contribution < 1.29 is 18.3 Å². The molecule has 0 amide bonds. The quantitative estimate of drug-likeness (QED) is 0.663. The molecule has 1 fully saturated rings. The van der Waals surface area contributed by atoms with Gasteiger partial charge in [0.15, 0.2) is 17.5 Å². The Kier molecular flexibility index (Phi) is 4.90. The molecule has 116 valence electrons. The molecule has 1 aromatic carbocycles. The monoisotopic (exact) mass is 300 g/mol. The molecule has 0 bridgehead atoms. The Balaban J connectivity index is 2.45. The second-order valence-electron chi connectivity index (χ2n) is 5.38. The fourth-order valence-corrected chi connectivity index (χ4v) is 2.65. The minimum atomic E-state index is -1.55. The molecule has 0 unspecified atom stereocenters. The molecule has 2 rings (SSSR count). The lowest BCUT2D eigenvalue weighted by atomic mass is 9.96. The van der Waals surface area contributed by atoms with Crippen molar-refractivity contribution in [3.05, 3.63) is 41.2 Å². The number of nitrogens with one attached hydrogen (secondary N) is 1. The lowest BCUT2D eigenvalue weighted by Crippen LogP contribution is -2.45. The highest BCUT2D eigenvalue weighted by Gasteiger charge is 2.30. The number of benzene rings is 1. The number of aromatic hydroxyl groups is 1. The van der Waals surface area contributed by atoms with E-state index >= 15 is 0 Å². The third-order valence-electron chi connectivity index (χ3n) is 3.65. The van der Waals surface area contributed by atoms with E-state index in [1.807, 2.05) is 4.90 Å². The van der Waals surface area contributed by atoms with E-state index in [4.69, 9.17) is 0 Å². The predicted octanol–water partition coefficient (Wildman–Crippen LogP) is 2.72. The molecule has 6 heteroatoms. The van der Waals surface area contributed by atoms with Gasteiger partial charge < -0.3 is 10.4 Å². The van der Waals surface area contributed by atoms with Crippen molar-refractivity contribution in [2.24, 2.45) is 0 Å². The maximum Gasteiger partial charge on any atom is 0.195 e. The molecule has 1 saturated heterocycles. The van der Waals surface area contributed by atoms with E-state index in [9.17, 15) is 18.3 Å². The summed E-state index contributed by atoms with van der Waals surface area (Å²) in [6, 6.07) is 0.0705. The second-order valence-corrected chi connectivity index (χ2v) is 5.38. The average molecular weight is 300 g/mol. The Bertz CT molecular complexity index is 542. The van der Waals surface area contributed by atoms with Crippen molar-refractivity contribution >= 4 is 0 Å². The van der Waals surface area contributed by atoms with Crippen LogP contribution in [0.1, 0.15) is 24.9 Å². The number of hydrogen-bond acceptors (Lipinski definition) is 3. The van der Waals surface area contributed by atoms with Crippen molar-refractivity contribution in [1.82, 2.24) is 10.2 Å². The van der Waals surface area contributed by atoms with Crippen LogP contribution in [0, 0.1) is 17.5 Å². The molecule has 1 aliphatic rings. The average Bonchev–Trinajstić information content (AvgIpc) is 2.44. The zero-order valence-corrected chi connectivity index (χ0v) is 11.9. The minimum Gasteiger partial charge on any atom is -0.507 e. The van der Waals surface area contributed by atoms with Crippen LogP contribution in [0.4, 0.5) is 13.2 Å². The molecular formula is C15H19F3N2O. The van der Waals surface area contributed by atoms with Crippen LogP contribution in [0.2, 0.25) is 0 Å². The minimum absolute atomic E-state index is 0.196. The van der Waals surface area contributed by atoms with Crippen LogP contribution < -0.4 is 5.32 Å². The summed E-state index contributed by atoms with van der Waals surface area (Å²) in [6.07, 6.45) is 0.371. The molecule has 0 aromatic heterocycles. The Labute approximate surface area is 122 Å². The van der Waals surface area contributed by atoms with E-state index in [0.29, 0.717) is 25.6 Å². The first-order valence-corrected chi connectivity index (χ1v) is 6.87. The highest BCUT2D eigenvalue weighted by Crippen LogP contribution is 2.37. The van der Waals surface area contributed by atoms with Gasteiger partial charge in [0.25, 0.3) is 0 Å². The zero-order valence-electron chi connectivity index (χ0n) is 11.9. The van der Waals surface area contributed by atoms with Crippen molar-refractivity contribution in [3.8, 4) is 5.75 Å². The molecule has 0 spiro atoms. The summed E-state index contributed by atoms with van der Waals surface area (Å²) in [4.78, 5) is 1.95. The Morgan fingerprint density at radius 2 is 1.95 bits per heavy atom. The molecule has 0 aliphatic carbocycles. The summed E-state index contributed by atoms with van der Waals surface area (Å²) in [7, 11) is 0. The van der Waals surface area contributed by atoms with Crippen LogP contribution >= 0.6 is 0 Å². The van der Waals surface area contributed by atoms with Crippen LogP contribution in [0.5, 0.6) is 5.75 Å². The van der Waals surface area contributed by atoms with Gasteiger partial charge in [0.05, 0.1) is 5.56 Å². The number of phenolic OH excluding ortho intramolecular Hbond substituents is 1. The number of phenols is 1. The molecule has 1 aliphatic heterocycles. The Morgan fingerprint density at radius 1 is 1.33 bits per heavy atom. The maximum absolute atomic E-state index is 14.1. The van der Waals surface area contributed by atoms with E-state index < -0.39 is 29.2 Å². The van der Waals surface area contributed by atoms with Crippen LogP contribution in [-0.2, 0) is 0 Å². The molecule has 21 heavy (non-hydrogen) atoms. The number of halogens is 3. The number of rotatable bonds is 4. The van der Waals surface area contributed by atoms with Crippen molar-refractivity contribution in [1.29, 1.82) is 0 Å². The smallest absolute Gasteiger partial charge is 0.195 e. The lowest BCUT2D eigenvalue weighted by Gasteiger charge is -2.35. The molecule has 0 saturated carbocycles. The van der Waals surface area contributed by atoms with Gasteiger partial charge >= 0.3 is 0 Å². The number of piperazine rings is 1. The first-order chi connectivity index (χ1) is 9.91. The van der Waals surface area contributed by atoms with Gasteiger partial charge in [-0.25, -0.2) is 13.2 Å².